The first-order valence-corrected chi connectivity index (χ1v) is 7.81. The number of imidazole rings is 1. The maximum atomic E-state index is 12.1. The van der Waals surface area contributed by atoms with Crippen LogP contribution in [0.2, 0.25) is 0 Å². The summed E-state index contributed by atoms with van der Waals surface area (Å²) in [6.07, 6.45) is 3.34. The fraction of sp³-hybridized carbons (Fsp3) is 0.529. The van der Waals surface area contributed by atoms with Gasteiger partial charge in [-0.3, -0.25) is 4.79 Å². The zero-order valence-corrected chi connectivity index (χ0v) is 13.4. The third kappa shape index (κ3) is 3.43. The third-order valence-corrected chi connectivity index (χ3v) is 3.71. The second-order valence-electron chi connectivity index (χ2n) is 5.79. The molecule has 0 fully saturated rings. The highest BCUT2D eigenvalue weighted by atomic mass is 16.1. The Bertz CT molecular complexity index is 628. The molecule has 4 nitrogen and oxygen atoms in total. The molecule has 1 N–H and O–H groups in total. The van der Waals surface area contributed by atoms with E-state index in [9.17, 15) is 4.79 Å². The summed E-state index contributed by atoms with van der Waals surface area (Å²) in [5, 5.41) is 2.97. The molecule has 0 bridgehead atoms. The monoisotopic (exact) mass is 287 g/mol. The van der Waals surface area contributed by atoms with Crippen molar-refractivity contribution in [2.24, 2.45) is 0 Å². The van der Waals surface area contributed by atoms with Gasteiger partial charge in [0.25, 0.3) is 5.91 Å². The van der Waals surface area contributed by atoms with Gasteiger partial charge in [-0.2, -0.15) is 0 Å². The third-order valence-electron chi connectivity index (χ3n) is 3.71. The summed E-state index contributed by atoms with van der Waals surface area (Å²) in [5.74, 6) is 0.977. The quantitative estimate of drug-likeness (QED) is 0.820. The molecule has 1 aromatic heterocycles. The van der Waals surface area contributed by atoms with E-state index in [2.05, 4.69) is 35.6 Å². The Kier molecular flexibility index (Phi) is 4.99. The normalized spacial score (nSPS) is 11.3. The molecular formula is C17H25N3O. The van der Waals surface area contributed by atoms with Crippen LogP contribution in [0.25, 0.3) is 11.0 Å². The highest BCUT2D eigenvalue weighted by molar-refractivity contribution is 5.97. The van der Waals surface area contributed by atoms with Crippen molar-refractivity contribution in [1.29, 1.82) is 0 Å². The molecule has 0 aliphatic rings. The summed E-state index contributed by atoms with van der Waals surface area (Å²) in [6.45, 7) is 9.18. The minimum Gasteiger partial charge on any atom is -0.352 e. The molecule has 0 atom stereocenters. The molecule has 2 rings (SSSR count). The van der Waals surface area contributed by atoms with E-state index in [0.717, 1.165) is 42.7 Å². The van der Waals surface area contributed by atoms with E-state index in [-0.39, 0.29) is 5.91 Å². The SMILES string of the molecule is CCCCCNC(=O)c1ccc2c(c1)nc(C)n2C(C)C. The number of carbonyl (C=O) groups excluding carboxylic acids is 1. The van der Waals surface area contributed by atoms with Crippen molar-refractivity contribution in [2.75, 3.05) is 6.54 Å². The number of hydrogen-bond acceptors (Lipinski definition) is 2. The van der Waals surface area contributed by atoms with E-state index in [0.29, 0.717) is 11.6 Å². The average Bonchev–Trinajstić information content (AvgIpc) is 2.78. The average molecular weight is 287 g/mol. The first-order valence-electron chi connectivity index (χ1n) is 7.81. The van der Waals surface area contributed by atoms with Crippen LogP contribution in [0.15, 0.2) is 18.2 Å². The van der Waals surface area contributed by atoms with Crippen LogP contribution in [0, 0.1) is 6.92 Å². The molecule has 0 saturated heterocycles. The number of carbonyl (C=O) groups is 1. The van der Waals surface area contributed by atoms with Crippen molar-refractivity contribution in [3.8, 4) is 0 Å². The van der Waals surface area contributed by atoms with Gasteiger partial charge in [0.1, 0.15) is 5.82 Å². The Morgan fingerprint density at radius 3 is 2.76 bits per heavy atom. The lowest BCUT2D eigenvalue weighted by Gasteiger charge is -2.10. The fourth-order valence-electron chi connectivity index (χ4n) is 2.69. The van der Waals surface area contributed by atoms with E-state index in [1.807, 2.05) is 25.1 Å². The number of benzene rings is 1. The largest absolute Gasteiger partial charge is 0.352 e. The number of rotatable bonds is 6. The number of nitrogens with zero attached hydrogens (tertiary/aromatic N) is 2. The van der Waals surface area contributed by atoms with Crippen LogP contribution >= 0.6 is 0 Å². The second-order valence-corrected chi connectivity index (χ2v) is 5.79. The summed E-state index contributed by atoms with van der Waals surface area (Å²) in [7, 11) is 0. The predicted molar refractivity (Wildman–Crippen MR) is 86.7 cm³/mol. The number of unbranched alkanes of at least 4 members (excludes halogenated alkanes) is 2. The van der Waals surface area contributed by atoms with Crippen molar-refractivity contribution in [3.63, 3.8) is 0 Å². The summed E-state index contributed by atoms with van der Waals surface area (Å²) >= 11 is 0. The Labute approximate surface area is 126 Å². The van der Waals surface area contributed by atoms with Crippen LogP contribution in [-0.2, 0) is 0 Å². The van der Waals surface area contributed by atoms with Crippen LogP contribution in [0.5, 0.6) is 0 Å². The van der Waals surface area contributed by atoms with E-state index >= 15 is 0 Å². The van der Waals surface area contributed by atoms with Gasteiger partial charge in [-0.05, 0) is 45.4 Å². The van der Waals surface area contributed by atoms with Gasteiger partial charge in [0.2, 0.25) is 0 Å². The first kappa shape index (κ1) is 15.5. The minimum absolute atomic E-state index is 0.00949. The molecular weight excluding hydrogens is 262 g/mol. The molecule has 0 unspecified atom stereocenters. The van der Waals surface area contributed by atoms with Gasteiger partial charge in [-0.15, -0.1) is 0 Å². The highest BCUT2D eigenvalue weighted by Gasteiger charge is 2.12. The molecule has 1 aromatic carbocycles. The first-order chi connectivity index (χ1) is 10.0. The summed E-state index contributed by atoms with van der Waals surface area (Å²) in [4.78, 5) is 16.7. The summed E-state index contributed by atoms with van der Waals surface area (Å²) < 4.78 is 2.19. The van der Waals surface area contributed by atoms with Gasteiger partial charge in [0, 0.05) is 18.2 Å². The molecule has 0 saturated carbocycles. The van der Waals surface area contributed by atoms with Crippen LogP contribution in [-0.4, -0.2) is 22.0 Å². The zero-order valence-electron chi connectivity index (χ0n) is 13.4. The van der Waals surface area contributed by atoms with Gasteiger partial charge < -0.3 is 9.88 Å². The standard InChI is InChI=1S/C17H25N3O/c1-5-6-7-10-18-17(21)14-8-9-16-15(11-14)19-13(4)20(16)12(2)3/h8-9,11-12H,5-7,10H2,1-4H3,(H,18,21). The van der Waals surface area contributed by atoms with Crippen LogP contribution in [0.1, 0.15) is 62.3 Å². The van der Waals surface area contributed by atoms with Crippen molar-refractivity contribution in [2.45, 2.75) is 53.0 Å². The Morgan fingerprint density at radius 1 is 1.33 bits per heavy atom. The lowest BCUT2D eigenvalue weighted by atomic mass is 10.1. The Morgan fingerprint density at radius 2 is 2.10 bits per heavy atom. The van der Waals surface area contributed by atoms with Crippen molar-refractivity contribution >= 4 is 16.9 Å². The minimum atomic E-state index is -0.00949. The molecule has 21 heavy (non-hydrogen) atoms. The van der Waals surface area contributed by atoms with Crippen molar-refractivity contribution in [3.05, 3.63) is 29.6 Å². The van der Waals surface area contributed by atoms with Gasteiger partial charge in [0.15, 0.2) is 0 Å². The fourth-order valence-corrected chi connectivity index (χ4v) is 2.69. The van der Waals surface area contributed by atoms with Crippen LogP contribution in [0.3, 0.4) is 0 Å². The molecule has 0 aliphatic heterocycles. The predicted octanol–water partition coefficient (Wildman–Crippen LogP) is 3.85. The Balaban J connectivity index is 2.18. The zero-order chi connectivity index (χ0) is 15.4. The van der Waals surface area contributed by atoms with Crippen LogP contribution in [0.4, 0.5) is 0 Å². The molecule has 4 heteroatoms. The number of amides is 1. The molecule has 0 spiro atoms. The molecule has 114 valence electrons. The van der Waals surface area contributed by atoms with Gasteiger partial charge in [0.05, 0.1) is 11.0 Å². The van der Waals surface area contributed by atoms with Crippen molar-refractivity contribution < 1.29 is 4.79 Å². The molecule has 1 heterocycles. The summed E-state index contributed by atoms with van der Waals surface area (Å²) in [5.41, 5.74) is 2.67. The lowest BCUT2D eigenvalue weighted by molar-refractivity contribution is 0.0953. The lowest BCUT2D eigenvalue weighted by Crippen LogP contribution is -2.24. The number of aromatic nitrogens is 2. The Hall–Kier alpha value is -1.84. The molecule has 2 aromatic rings. The highest BCUT2D eigenvalue weighted by Crippen LogP contribution is 2.21. The number of fused-ring (bicyclic) bond motifs is 1. The molecule has 0 radical (unpaired) electrons. The van der Waals surface area contributed by atoms with Crippen molar-refractivity contribution in [1.82, 2.24) is 14.9 Å². The van der Waals surface area contributed by atoms with E-state index in [1.54, 1.807) is 0 Å². The van der Waals surface area contributed by atoms with Gasteiger partial charge in [-0.1, -0.05) is 19.8 Å². The summed E-state index contributed by atoms with van der Waals surface area (Å²) in [6, 6.07) is 6.13. The maximum absolute atomic E-state index is 12.1. The van der Waals surface area contributed by atoms with Gasteiger partial charge in [-0.25, -0.2) is 4.98 Å². The van der Waals surface area contributed by atoms with Gasteiger partial charge >= 0.3 is 0 Å². The molecule has 1 amide bonds. The molecule has 0 aliphatic carbocycles. The van der Waals surface area contributed by atoms with E-state index in [1.165, 1.54) is 0 Å². The maximum Gasteiger partial charge on any atom is 0.251 e. The number of hydrogen-bond donors (Lipinski definition) is 1. The van der Waals surface area contributed by atoms with E-state index in [4.69, 9.17) is 0 Å². The van der Waals surface area contributed by atoms with E-state index < -0.39 is 0 Å². The number of nitrogens with one attached hydrogen (secondary N) is 1. The smallest absolute Gasteiger partial charge is 0.251 e. The number of aryl methyl sites for hydroxylation is 1. The second kappa shape index (κ2) is 6.74. The van der Waals surface area contributed by atoms with Crippen LogP contribution < -0.4 is 5.32 Å². The topological polar surface area (TPSA) is 46.9 Å².